The molecule has 2 N–H and O–H groups in total. The van der Waals surface area contributed by atoms with Crippen molar-refractivity contribution in [3.63, 3.8) is 0 Å². The third kappa shape index (κ3) is 1.97. The number of halogens is 3. The molecule has 2 aromatic heterocycles. The highest BCUT2D eigenvalue weighted by molar-refractivity contribution is 5.58. The summed E-state index contributed by atoms with van der Waals surface area (Å²) in [7, 11) is 0. The van der Waals surface area contributed by atoms with E-state index >= 15 is 0 Å². The van der Waals surface area contributed by atoms with Gasteiger partial charge in [0.15, 0.2) is 5.82 Å². The Morgan fingerprint density at radius 2 is 2.16 bits per heavy atom. The van der Waals surface area contributed by atoms with Gasteiger partial charge in [-0.05, 0) is 0 Å². The minimum Gasteiger partial charge on any atom is -0.367 e. The number of hydrogen-bond donors (Lipinski definition) is 1. The van der Waals surface area contributed by atoms with Gasteiger partial charge in [-0.3, -0.25) is 0 Å². The first kappa shape index (κ1) is 13.1. The third-order valence-electron chi connectivity index (χ3n) is 2.96. The minimum atomic E-state index is -3.13. The van der Waals surface area contributed by atoms with Crippen molar-refractivity contribution in [1.82, 2.24) is 14.6 Å². The molecule has 0 amide bonds. The van der Waals surface area contributed by atoms with Crippen LogP contribution in [0, 0.1) is 17.1 Å². The van der Waals surface area contributed by atoms with Crippen molar-refractivity contribution in [1.29, 1.82) is 5.26 Å². The van der Waals surface area contributed by atoms with Gasteiger partial charge in [-0.15, -0.1) is 5.10 Å². The van der Waals surface area contributed by atoms with E-state index in [0.717, 1.165) is 10.7 Å². The number of nitriles is 1. The number of rotatable bonds is 2. The maximum absolute atomic E-state index is 14.0. The minimum absolute atomic E-state index is 0.156. The van der Waals surface area contributed by atoms with Crippen LogP contribution in [0.25, 0.3) is 5.52 Å². The van der Waals surface area contributed by atoms with Crippen molar-refractivity contribution in [2.45, 2.75) is 25.7 Å². The summed E-state index contributed by atoms with van der Waals surface area (Å²) in [5.74, 6) is -5.65. The van der Waals surface area contributed by atoms with Gasteiger partial charge in [0.2, 0.25) is 5.95 Å². The van der Waals surface area contributed by atoms with Gasteiger partial charge in [0.05, 0.1) is 17.8 Å². The molecule has 5 nitrogen and oxygen atoms in total. The molecular formula is C11H10F3N5. The second kappa shape index (κ2) is 4.12. The number of aromatic nitrogens is 3. The molecule has 0 spiro atoms. The Morgan fingerprint density at radius 1 is 1.53 bits per heavy atom. The highest BCUT2D eigenvalue weighted by Crippen LogP contribution is 2.36. The molecule has 100 valence electrons. The average molecular weight is 269 g/mol. The van der Waals surface area contributed by atoms with E-state index in [4.69, 9.17) is 11.0 Å². The van der Waals surface area contributed by atoms with Gasteiger partial charge in [-0.2, -0.15) is 5.26 Å². The van der Waals surface area contributed by atoms with Crippen LogP contribution < -0.4 is 5.73 Å². The van der Waals surface area contributed by atoms with Crippen LogP contribution in [0.1, 0.15) is 31.0 Å². The zero-order chi connectivity index (χ0) is 14.4. The smallest absolute Gasteiger partial charge is 0.253 e. The number of fused-ring (bicyclic) bond motifs is 1. The molecule has 0 radical (unpaired) electrons. The quantitative estimate of drug-likeness (QED) is 0.905. The maximum atomic E-state index is 14.0. The summed E-state index contributed by atoms with van der Waals surface area (Å²) in [6, 6.07) is 1.59. The molecule has 0 saturated carbocycles. The van der Waals surface area contributed by atoms with E-state index in [1.165, 1.54) is 6.92 Å². The lowest BCUT2D eigenvalue weighted by Crippen LogP contribution is -2.22. The molecule has 0 aromatic carbocycles. The summed E-state index contributed by atoms with van der Waals surface area (Å²) in [6.45, 7) is 1.89. The lowest BCUT2D eigenvalue weighted by molar-refractivity contribution is -0.00403. The Morgan fingerprint density at radius 3 is 2.68 bits per heavy atom. The van der Waals surface area contributed by atoms with Crippen LogP contribution in [-0.2, 0) is 0 Å². The van der Waals surface area contributed by atoms with E-state index in [9.17, 15) is 13.2 Å². The predicted octanol–water partition coefficient (Wildman–Crippen LogP) is 2.08. The fourth-order valence-electron chi connectivity index (χ4n) is 1.79. The van der Waals surface area contributed by atoms with Gasteiger partial charge in [-0.25, -0.2) is 22.7 Å². The Labute approximate surface area is 106 Å². The summed E-state index contributed by atoms with van der Waals surface area (Å²) < 4.78 is 41.7. The Kier molecular flexibility index (Phi) is 2.85. The van der Waals surface area contributed by atoms with Crippen LogP contribution in [0.2, 0.25) is 0 Å². The average Bonchev–Trinajstić information content (AvgIpc) is 2.59. The zero-order valence-electron chi connectivity index (χ0n) is 10.2. The molecular weight excluding hydrogens is 259 g/mol. The van der Waals surface area contributed by atoms with E-state index < -0.39 is 23.2 Å². The van der Waals surface area contributed by atoms with Crippen LogP contribution in [0.5, 0.6) is 0 Å². The molecule has 0 fully saturated rings. The molecule has 19 heavy (non-hydrogen) atoms. The van der Waals surface area contributed by atoms with Crippen molar-refractivity contribution in [2.75, 3.05) is 5.73 Å². The number of hydrogen-bond acceptors (Lipinski definition) is 4. The van der Waals surface area contributed by atoms with Crippen molar-refractivity contribution < 1.29 is 13.2 Å². The monoisotopic (exact) mass is 269 g/mol. The molecule has 8 heteroatoms. The van der Waals surface area contributed by atoms with Crippen LogP contribution in [-0.4, -0.2) is 20.5 Å². The van der Waals surface area contributed by atoms with Gasteiger partial charge in [0.25, 0.3) is 5.92 Å². The van der Waals surface area contributed by atoms with E-state index in [-0.39, 0.29) is 17.2 Å². The molecule has 0 aliphatic heterocycles. The normalized spacial score (nSPS) is 13.5. The summed E-state index contributed by atoms with van der Waals surface area (Å²) in [5, 5.41) is 12.7. The molecule has 1 unspecified atom stereocenters. The number of nitrogens with zero attached hydrogens (tertiary/aromatic N) is 4. The predicted molar refractivity (Wildman–Crippen MR) is 61.1 cm³/mol. The number of nitrogens with two attached hydrogens (primary N) is 1. The van der Waals surface area contributed by atoms with Crippen molar-refractivity contribution in [2.24, 2.45) is 0 Å². The highest BCUT2D eigenvalue weighted by Gasteiger charge is 2.37. The fourth-order valence-corrected chi connectivity index (χ4v) is 1.79. The first-order chi connectivity index (χ1) is 8.77. The van der Waals surface area contributed by atoms with Crippen LogP contribution >= 0.6 is 0 Å². The summed E-state index contributed by atoms with van der Waals surface area (Å²) in [5.41, 5.74) is 4.54. The number of alkyl halides is 2. The standard InChI is InChI=1S/C11H10F3N5/c1-5(11(2,13)14)9-6(3-15)8(12)7-4-17-10(16)18-19(7)9/h4-5H,1-2H3,(H2,16,18). The highest BCUT2D eigenvalue weighted by atomic mass is 19.3. The van der Waals surface area contributed by atoms with Gasteiger partial charge in [0.1, 0.15) is 17.1 Å². The second-order valence-corrected chi connectivity index (χ2v) is 4.28. The molecule has 0 saturated heterocycles. The summed E-state index contributed by atoms with van der Waals surface area (Å²) in [6.07, 6.45) is 1.06. The SMILES string of the molecule is CC(c1c(C#N)c(F)c2cnc(N)nn12)C(C)(F)F. The van der Waals surface area contributed by atoms with Crippen molar-refractivity contribution >= 4 is 11.5 Å². The van der Waals surface area contributed by atoms with E-state index in [0.29, 0.717) is 6.92 Å². The van der Waals surface area contributed by atoms with E-state index in [2.05, 4.69) is 10.1 Å². The Hall–Kier alpha value is -2.30. The Bertz CT molecular complexity index is 680. The molecule has 2 heterocycles. The van der Waals surface area contributed by atoms with Crippen LogP contribution in [0.15, 0.2) is 6.20 Å². The van der Waals surface area contributed by atoms with Gasteiger partial charge in [0, 0.05) is 6.92 Å². The first-order valence-corrected chi connectivity index (χ1v) is 5.38. The molecule has 1 atom stereocenters. The van der Waals surface area contributed by atoms with Crippen molar-refractivity contribution in [3.8, 4) is 6.07 Å². The lowest BCUT2D eigenvalue weighted by atomic mass is 9.98. The van der Waals surface area contributed by atoms with Gasteiger partial charge in [-0.1, -0.05) is 6.92 Å². The second-order valence-electron chi connectivity index (χ2n) is 4.28. The number of nitrogen functional groups attached to an aromatic ring is 1. The topological polar surface area (TPSA) is 80.0 Å². The number of anilines is 1. The molecule has 0 aliphatic carbocycles. The van der Waals surface area contributed by atoms with Crippen LogP contribution in [0.4, 0.5) is 19.1 Å². The largest absolute Gasteiger partial charge is 0.367 e. The molecule has 2 aromatic rings. The molecule has 0 aliphatic rings. The summed E-state index contributed by atoms with van der Waals surface area (Å²) >= 11 is 0. The third-order valence-corrected chi connectivity index (χ3v) is 2.96. The van der Waals surface area contributed by atoms with E-state index in [1.807, 2.05) is 0 Å². The maximum Gasteiger partial charge on any atom is 0.253 e. The fraction of sp³-hybridized carbons (Fsp3) is 0.364. The lowest BCUT2D eigenvalue weighted by Gasteiger charge is -2.19. The first-order valence-electron chi connectivity index (χ1n) is 5.38. The van der Waals surface area contributed by atoms with E-state index in [1.54, 1.807) is 6.07 Å². The van der Waals surface area contributed by atoms with Crippen LogP contribution in [0.3, 0.4) is 0 Å². The molecule has 0 bridgehead atoms. The molecule has 2 rings (SSSR count). The Balaban J connectivity index is 2.85. The zero-order valence-corrected chi connectivity index (χ0v) is 10.2. The van der Waals surface area contributed by atoms with Gasteiger partial charge < -0.3 is 5.73 Å². The van der Waals surface area contributed by atoms with Crippen molar-refractivity contribution in [3.05, 3.63) is 23.3 Å². The van der Waals surface area contributed by atoms with Gasteiger partial charge >= 0.3 is 0 Å². The summed E-state index contributed by atoms with van der Waals surface area (Å²) in [4.78, 5) is 3.59.